The van der Waals surface area contributed by atoms with Crippen LogP contribution < -0.4 is 10.8 Å². The van der Waals surface area contributed by atoms with Gasteiger partial charge in [-0.25, -0.2) is 10.9 Å². The number of rotatable bonds is 4. The number of hydrogen-bond donors (Lipinski definition) is 1. The van der Waals surface area contributed by atoms with Crippen LogP contribution in [0.2, 0.25) is 0 Å². The quantitative estimate of drug-likeness (QED) is 0.744. The van der Waals surface area contributed by atoms with Crippen molar-refractivity contribution in [1.82, 2.24) is 4.98 Å². The summed E-state index contributed by atoms with van der Waals surface area (Å²) in [4.78, 5) is 12.1. The lowest BCUT2D eigenvalue weighted by molar-refractivity contribution is 0.127. The minimum absolute atomic E-state index is 0.316. The fraction of sp³-hybridized carbons (Fsp3) is 0.625. The lowest BCUT2D eigenvalue weighted by Gasteiger charge is -2.07. The third-order valence-corrected chi connectivity index (χ3v) is 3.12. The Balaban J connectivity index is 2.67. The number of thiazole rings is 1. The van der Waals surface area contributed by atoms with E-state index in [1.165, 1.54) is 4.88 Å². The van der Waals surface area contributed by atoms with Crippen molar-refractivity contribution in [2.45, 2.75) is 12.8 Å². The molecule has 0 radical (unpaired) electrons. The van der Waals surface area contributed by atoms with E-state index in [-0.39, 0.29) is 0 Å². The summed E-state index contributed by atoms with van der Waals surface area (Å²) < 4.78 is 0. The molecule has 0 fully saturated rings. The smallest absolute Gasteiger partial charge is 0.184 e. The first-order valence-electron chi connectivity index (χ1n) is 4.10. The van der Waals surface area contributed by atoms with Crippen molar-refractivity contribution in [2.75, 3.05) is 25.6 Å². The molecule has 1 aromatic heterocycles. The van der Waals surface area contributed by atoms with E-state index in [1.807, 2.05) is 25.2 Å². The average molecular weight is 201 g/mol. The molecule has 0 saturated carbocycles. The molecule has 0 amide bonds. The Bertz CT molecular complexity index is 262. The van der Waals surface area contributed by atoms with Gasteiger partial charge in [-0.3, -0.25) is 0 Å². The van der Waals surface area contributed by atoms with Gasteiger partial charge < -0.3 is 9.74 Å². The second-order valence-corrected chi connectivity index (χ2v) is 4.21. The van der Waals surface area contributed by atoms with Crippen LogP contribution in [-0.2, 0) is 4.84 Å². The van der Waals surface area contributed by atoms with E-state index in [2.05, 4.69) is 16.7 Å². The summed E-state index contributed by atoms with van der Waals surface area (Å²) in [5.74, 6) is 5.32. The van der Waals surface area contributed by atoms with Crippen LogP contribution in [0.3, 0.4) is 0 Å². The zero-order chi connectivity index (χ0) is 9.84. The van der Waals surface area contributed by atoms with Gasteiger partial charge in [0.15, 0.2) is 5.13 Å². The minimum atomic E-state index is 0.316. The number of aromatic nitrogens is 1. The Labute approximate surface area is 82.3 Å². The molecule has 1 aromatic rings. The van der Waals surface area contributed by atoms with Gasteiger partial charge >= 0.3 is 0 Å². The van der Waals surface area contributed by atoms with Crippen molar-refractivity contribution in [3.8, 4) is 0 Å². The van der Waals surface area contributed by atoms with Gasteiger partial charge in [-0.2, -0.15) is 0 Å². The van der Waals surface area contributed by atoms with Crippen LogP contribution in [0.15, 0.2) is 6.20 Å². The largest absolute Gasteiger partial charge is 0.354 e. The standard InChI is InChI=1S/C8H15N3OS/c1-6(5-12-9)7-4-10-8(13-7)11(2)3/h4,6H,5,9H2,1-3H3. The molecule has 4 nitrogen and oxygen atoms in total. The van der Waals surface area contributed by atoms with Crippen LogP contribution in [-0.4, -0.2) is 25.7 Å². The van der Waals surface area contributed by atoms with Gasteiger partial charge in [-0.15, -0.1) is 11.3 Å². The van der Waals surface area contributed by atoms with Crippen LogP contribution in [0.4, 0.5) is 5.13 Å². The highest BCUT2D eigenvalue weighted by molar-refractivity contribution is 7.15. The molecule has 0 bridgehead atoms. The summed E-state index contributed by atoms with van der Waals surface area (Å²) in [6, 6.07) is 0. The highest BCUT2D eigenvalue weighted by Crippen LogP contribution is 2.26. The Morgan fingerprint density at radius 1 is 1.69 bits per heavy atom. The van der Waals surface area contributed by atoms with Crippen LogP contribution in [0.5, 0.6) is 0 Å². The van der Waals surface area contributed by atoms with Crippen LogP contribution in [0.25, 0.3) is 0 Å². The van der Waals surface area contributed by atoms with Crippen LogP contribution >= 0.6 is 11.3 Å². The Morgan fingerprint density at radius 3 is 2.85 bits per heavy atom. The molecule has 1 rings (SSSR count). The van der Waals surface area contributed by atoms with E-state index in [4.69, 9.17) is 5.90 Å². The highest BCUT2D eigenvalue weighted by Gasteiger charge is 2.10. The highest BCUT2D eigenvalue weighted by atomic mass is 32.1. The second-order valence-electron chi connectivity index (χ2n) is 3.17. The molecule has 0 aliphatic rings. The molecule has 1 unspecified atom stereocenters. The molecule has 0 spiro atoms. The van der Waals surface area contributed by atoms with E-state index in [1.54, 1.807) is 11.3 Å². The molecule has 2 N–H and O–H groups in total. The lowest BCUT2D eigenvalue weighted by Crippen LogP contribution is -2.08. The Morgan fingerprint density at radius 2 is 2.38 bits per heavy atom. The number of nitrogens with two attached hydrogens (primary N) is 1. The van der Waals surface area contributed by atoms with Gasteiger partial charge in [0.2, 0.25) is 0 Å². The maximum atomic E-state index is 5.01. The van der Waals surface area contributed by atoms with Crippen LogP contribution in [0.1, 0.15) is 17.7 Å². The van der Waals surface area contributed by atoms with Gasteiger partial charge in [-0.1, -0.05) is 6.92 Å². The first-order valence-corrected chi connectivity index (χ1v) is 4.91. The zero-order valence-electron chi connectivity index (χ0n) is 8.15. The molecule has 5 heteroatoms. The van der Waals surface area contributed by atoms with Crippen LogP contribution in [0, 0.1) is 0 Å². The van der Waals surface area contributed by atoms with E-state index in [9.17, 15) is 0 Å². The molecule has 1 heterocycles. The molecule has 1 atom stereocenters. The van der Waals surface area contributed by atoms with Gasteiger partial charge in [0.25, 0.3) is 0 Å². The predicted octanol–water partition coefficient (Wildman–Crippen LogP) is 1.20. The molecule has 0 saturated heterocycles. The van der Waals surface area contributed by atoms with Crippen molar-refractivity contribution < 1.29 is 4.84 Å². The van der Waals surface area contributed by atoms with Crippen molar-refractivity contribution >= 4 is 16.5 Å². The van der Waals surface area contributed by atoms with Gasteiger partial charge in [0.05, 0.1) is 6.61 Å². The first-order chi connectivity index (χ1) is 6.15. The maximum absolute atomic E-state index is 5.01. The van der Waals surface area contributed by atoms with Crippen molar-refractivity contribution in [2.24, 2.45) is 5.90 Å². The number of anilines is 1. The minimum Gasteiger partial charge on any atom is -0.354 e. The Hall–Kier alpha value is -0.650. The van der Waals surface area contributed by atoms with Gasteiger partial charge in [0.1, 0.15) is 0 Å². The monoisotopic (exact) mass is 201 g/mol. The van der Waals surface area contributed by atoms with Gasteiger partial charge in [0, 0.05) is 31.1 Å². The fourth-order valence-corrected chi connectivity index (χ4v) is 1.81. The first kappa shape index (κ1) is 10.4. The molecule has 13 heavy (non-hydrogen) atoms. The zero-order valence-corrected chi connectivity index (χ0v) is 8.97. The topological polar surface area (TPSA) is 51.4 Å². The van der Waals surface area contributed by atoms with E-state index in [0.717, 1.165) is 5.13 Å². The summed E-state index contributed by atoms with van der Waals surface area (Å²) >= 11 is 1.67. The molecular weight excluding hydrogens is 186 g/mol. The summed E-state index contributed by atoms with van der Waals surface area (Å²) in [6.07, 6.45) is 1.88. The SMILES string of the molecule is CC(CON)c1cnc(N(C)C)s1. The van der Waals surface area contributed by atoms with Gasteiger partial charge in [-0.05, 0) is 0 Å². The van der Waals surface area contributed by atoms with Crippen molar-refractivity contribution in [3.63, 3.8) is 0 Å². The van der Waals surface area contributed by atoms with E-state index in [0.29, 0.717) is 12.5 Å². The van der Waals surface area contributed by atoms with E-state index < -0.39 is 0 Å². The third kappa shape index (κ3) is 2.65. The lowest BCUT2D eigenvalue weighted by atomic mass is 10.2. The van der Waals surface area contributed by atoms with Crippen molar-refractivity contribution in [1.29, 1.82) is 0 Å². The third-order valence-electron chi connectivity index (χ3n) is 1.73. The molecular formula is C8H15N3OS. The normalized spacial score (nSPS) is 12.9. The maximum Gasteiger partial charge on any atom is 0.184 e. The van der Waals surface area contributed by atoms with Crippen molar-refractivity contribution in [3.05, 3.63) is 11.1 Å². The average Bonchev–Trinajstić information content (AvgIpc) is 2.52. The number of nitrogens with zero attached hydrogens (tertiary/aromatic N) is 2. The molecule has 0 aromatic carbocycles. The van der Waals surface area contributed by atoms with E-state index >= 15 is 0 Å². The molecule has 74 valence electrons. The summed E-state index contributed by atoms with van der Waals surface area (Å²) in [6.45, 7) is 2.61. The predicted molar refractivity (Wildman–Crippen MR) is 55.0 cm³/mol. The molecule has 0 aliphatic heterocycles. The molecule has 0 aliphatic carbocycles. The fourth-order valence-electron chi connectivity index (χ4n) is 0.938. The summed E-state index contributed by atoms with van der Waals surface area (Å²) in [7, 11) is 3.96. The second kappa shape index (κ2) is 4.55. The number of hydrogen-bond acceptors (Lipinski definition) is 5. The summed E-state index contributed by atoms with van der Waals surface area (Å²) in [5.41, 5.74) is 0. The summed E-state index contributed by atoms with van der Waals surface area (Å²) in [5, 5.41) is 1.01. The Kier molecular flexibility index (Phi) is 3.65.